The van der Waals surface area contributed by atoms with Gasteiger partial charge in [-0.05, 0) is 31.0 Å². The second-order valence-corrected chi connectivity index (χ2v) is 7.64. The van der Waals surface area contributed by atoms with Gasteiger partial charge < -0.3 is 9.72 Å². The maximum atomic E-state index is 12.9. The summed E-state index contributed by atoms with van der Waals surface area (Å²) in [5.74, 6) is 7.44. The largest absolute Gasteiger partial charge is 0.497 e. The van der Waals surface area contributed by atoms with Crippen molar-refractivity contribution in [2.24, 2.45) is 0 Å². The maximum Gasteiger partial charge on any atom is 0.332 e. The summed E-state index contributed by atoms with van der Waals surface area (Å²) in [5, 5.41) is 4.35. The zero-order valence-electron chi connectivity index (χ0n) is 19.0. The first-order valence-corrected chi connectivity index (χ1v) is 10.9. The molecule has 3 heterocycles. The summed E-state index contributed by atoms with van der Waals surface area (Å²) in [6, 6.07) is 7.55. The normalized spacial score (nSPS) is 10.9. The second kappa shape index (κ2) is 9.61. The van der Waals surface area contributed by atoms with Crippen molar-refractivity contribution in [3.05, 3.63) is 63.1 Å². The van der Waals surface area contributed by atoms with Crippen LogP contribution in [0.2, 0.25) is 0 Å². The Bertz CT molecular complexity index is 1460. The highest BCUT2D eigenvalue weighted by Crippen LogP contribution is 2.18. The van der Waals surface area contributed by atoms with Crippen molar-refractivity contribution >= 4 is 11.2 Å². The van der Waals surface area contributed by atoms with Gasteiger partial charge in [0.05, 0.1) is 18.9 Å². The number of aromatic amines is 1. The van der Waals surface area contributed by atoms with Gasteiger partial charge in [0.1, 0.15) is 23.6 Å². The van der Waals surface area contributed by atoms with E-state index in [9.17, 15) is 9.59 Å². The van der Waals surface area contributed by atoms with Crippen LogP contribution in [0.1, 0.15) is 32.3 Å². The number of nitrogens with zero attached hydrogens (tertiary/aromatic N) is 5. The molecule has 0 aliphatic carbocycles. The first kappa shape index (κ1) is 22.1. The van der Waals surface area contributed by atoms with Crippen LogP contribution < -0.4 is 16.0 Å². The number of fused-ring (bicyclic) bond motifs is 1. The van der Waals surface area contributed by atoms with Gasteiger partial charge in [0.25, 0.3) is 5.56 Å². The molecular formula is C24H26N6O3. The summed E-state index contributed by atoms with van der Waals surface area (Å²) in [5.41, 5.74) is 1.61. The van der Waals surface area contributed by atoms with Crippen LogP contribution in [-0.2, 0) is 19.6 Å². The second-order valence-electron chi connectivity index (χ2n) is 7.64. The van der Waals surface area contributed by atoms with E-state index in [-0.39, 0.29) is 11.2 Å². The smallest absolute Gasteiger partial charge is 0.332 e. The minimum atomic E-state index is -0.348. The number of hydrogen-bond acceptors (Lipinski definition) is 5. The lowest BCUT2D eigenvalue weighted by Crippen LogP contribution is -2.40. The molecule has 170 valence electrons. The van der Waals surface area contributed by atoms with Crippen molar-refractivity contribution in [1.29, 1.82) is 0 Å². The lowest BCUT2D eigenvalue weighted by Gasteiger charge is -2.09. The Morgan fingerprint density at radius 3 is 2.67 bits per heavy atom. The monoisotopic (exact) mass is 446 g/mol. The fourth-order valence-corrected chi connectivity index (χ4v) is 3.65. The number of aromatic nitrogens is 6. The molecule has 0 bridgehead atoms. The van der Waals surface area contributed by atoms with Gasteiger partial charge in [-0.2, -0.15) is 5.10 Å². The van der Waals surface area contributed by atoms with E-state index in [1.807, 2.05) is 44.3 Å². The molecule has 0 fully saturated rings. The number of nitrogens with one attached hydrogen (secondary N) is 1. The fraction of sp³-hybridized carbons (Fsp3) is 0.333. The van der Waals surface area contributed by atoms with Crippen molar-refractivity contribution < 1.29 is 4.74 Å². The predicted octanol–water partition coefficient (Wildman–Crippen LogP) is 2.63. The van der Waals surface area contributed by atoms with Gasteiger partial charge in [0.2, 0.25) is 0 Å². The van der Waals surface area contributed by atoms with E-state index in [1.165, 1.54) is 4.57 Å². The number of imidazole rings is 1. The number of ether oxygens (including phenoxy) is 1. The molecule has 0 unspecified atom stereocenters. The van der Waals surface area contributed by atoms with Crippen molar-refractivity contribution in [1.82, 2.24) is 28.9 Å². The standard InChI is InChI=1S/C24H26N6O3/c1-4-11-29-22-20(23(31)30(12-5-2)24(29)32)26-21(27-22)18-15-25-28(16-18)13-7-9-17-8-6-10-19(14-17)33-3/h6,8,10,14-16H,4-5,11-13H2,1-3H3,(H,26,27). The van der Waals surface area contributed by atoms with Crippen molar-refractivity contribution in [3.8, 4) is 29.0 Å². The third-order valence-corrected chi connectivity index (χ3v) is 5.21. The molecule has 0 aliphatic rings. The third-order valence-electron chi connectivity index (χ3n) is 5.21. The Hall–Kier alpha value is -4.06. The molecule has 1 N–H and O–H groups in total. The van der Waals surface area contributed by atoms with Crippen LogP contribution in [0.4, 0.5) is 0 Å². The highest BCUT2D eigenvalue weighted by molar-refractivity contribution is 5.75. The average molecular weight is 447 g/mol. The van der Waals surface area contributed by atoms with Crippen LogP contribution in [0.5, 0.6) is 5.75 Å². The molecule has 9 nitrogen and oxygen atoms in total. The van der Waals surface area contributed by atoms with Crippen molar-refractivity contribution in [2.45, 2.75) is 46.3 Å². The number of rotatable bonds is 7. The zero-order valence-corrected chi connectivity index (χ0v) is 19.0. The van der Waals surface area contributed by atoms with Gasteiger partial charge in [0, 0.05) is 24.8 Å². The summed E-state index contributed by atoms with van der Waals surface area (Å²) >= 11 is 0. The SMILES string of the molecule is CCCn1c(=O)c2[nH]c(-c3cnn(CC#Cc4cccc(OC)c4)c3)nc2n(CCC)c1=O. The van der Waals surface area contributed by atoms with Gasteiger partial charge in [-0.25, -0.2) is 9.78 Å². The number of hydrogen-bond donors (Lipinski definition) is 1. The van der Waals surface area contributed by atoms with E-state index < -0.39 is 0 Å². The molecule has 1 aromatic carbocycles. The first-order valence-electron chi connectivity index (χ1n) is 10.9. The average Bonchev–Trinajstić information content (AvgIpc) is 3.47. The van der Waals surface area contributed by atoms with E-state index >= 15 is 0 Å². The van der Waals surface area contributed by atoms with Crippen LogP contribution in [0, 0.1) is 11.8 Å². The Morgan fingerprint density at radius 1 is 1.12 bits per heavy atom. The summed E-state index contributed by atoms with van der Waals surface area (Å²) in [6.07, 6.45) is 4.92. The molecule has 4 aromatic rings. The van der Waals surface area contributed by atoms with Crippen LogP contribution in [0.15, 0.2) is 46.2 Å². The Morgan fingerprint density at radius 2 is 1.91 bits per heavy atom. The predicted molar refractivity (Wildman–Crippen MR) is 126 cm³/mol. The Balaban J connectivity index is 1.65. The minimum absolute atomic E-state index is 0.322. The minimum Gasteiger partial charge on any atom is -0.497 e. The van der Waals surface area contributed by atoms with E-state index in [1.54, 1.807) is 22.6 Å². The number of aryl methyl sites for hydroxylation is 1. The molecule has 0 saturated carbocycles. The van der Waals surface area contributed by atoms with Crippen molar-refractivity contribution in [3.63, 3.8) is 0 Å². The van der Waals surface area contributed by atoms with Crippen LogP contribution in [-0.4, -0.2) is 36.0 Å². The zero-order chi connectivity index (χ0) is 23.4. The number of H-pyrrole nitrogens is 1. The number of methoxy groups -OCH3 is 1. The molecule has 3 aromatic heterocycles. The quantitative estimate of drug-likeness (QED) is 0.440. The van der Waals surface area contributed by atoms with Crippen molar-refractivity contribution in [2.75, 3.05) is 7.11 Å². The third kappa shape index (κ3) is 4.46. The molecule has 0 spiro atoms. The lowest BCUT2D eigenvalue weighted by atomic mass is 10.2. The van der Waals surface area contributed by atoms with Gasteiger partial charge in [-0.15, -0.1) is 0 Å². The first-order chi connectivity index (χ1) is 16.0. The summed E-state index contributed by atoms with van der Waals surface area (Å²) in [7, 11) is 1.62. The molecule has 0 saturated heterocycles. The van der Waals surface area contributed by atoms with Crippen LogP contribution in [0.3, 0.4) is 0 Å². The van der Waals surface area contributed by atoms with Crippen LogP contribution in [0.25, 0.3) is 22.6 Å². The summed E-state index contributed by atoms with van der Waals surface area (Å²) < 4.78 is 9.76. The van der Waals surface area contributed by atoms with Gasteiger partial charge in [-0.1, -0.05) is 31.8 Å². The molecule has 0 aliphatic heterocycles. The maximum absolute atomic E-state index is 12.9. The Kier molecular flexibility index (Phi) is 6.45. The molecule has 0 amide bonds. The van der Waals surface area contributed by atoms with Gasteiger partial charge in [-0.3, -0.25) is 18.6 Å². The Labute approximate surface area is 190 Å². The van der Waals surface area contributed by atoms with E-state index in [4.69, 9.17) is 4.74 Å². The highest BCUT2D eigenvalue weighted by atomic mass is 16.5. The molecule has 9 heteroatoms. The van der Waals surface area contributed by atoms with Crippen LogP contribution >= 0.6 is 0 Å². The highest BCUT2D eigenvalue weighted by Gasteiger charge is 2.18. The molecular weight excluding hydrogens is 420 g/mol. The fourth-order valence-electron chi connectivity index (χ4n) is 3.65. The lowest BCUT2D eigenvalue weighted by molar-refractivity contribution is 0.414. The van der Waals surface area contributed by atoms with Gasteiger partial charge in [0.15, 0.2) is 5.65 Å². The molecule has 0 atom stereocenters. The molecule has 0 radical (unpaired) electrons. The van der Waals surface area contributed by atoms with E-state index in [2.05, 4.69) is 26.9 Å². The van der Waals surface area contributed by atoms with E-state index in [0.29, 0.717) is 48.6 Å². The molecule has 4 rings (SSSR count). The van der Waals surface area contributed by atoms with E-state index in [0.717, 1.165) is 17.7 Å². The number of benzene rings is 1. The summed E-state index contributed by atoms with van der Waals surface area (Å²) in [4.78, 5) is 33.4. The topological polar surface area (TPSA) is 99.7 Å². The molecule has 33 heavy (non-hydrogen) atoms. The van der Waals surface area contributed by atoms with Gasteiger partial charge >= 0.3 is 5.69 Å². The summed E-state index contributed by atoms with van der Waals surface area (Å²) in [6.45, 7) is 5.17.